The van der Waals surface area contributed by atoms with Crippen LogP contribution in [0.2, 0.25) is 0 Å². The van der Waals surface area contributed by atoms with E-state index in [4.69, 9.17) is 9.47 Å². The maximum Gasteiger partial charge on any atom is 0.164 e. The van der Waals surface area contributed by atoms with Crippen LogP contribution in [-0.2, 0) is 6.54 Å². The molecule has 1 aliphatic carbocycles. The number of benzene rings is 2. The number of carbonyl (C=O) groups is 1. The second kappa shape index (κ2) is 11.6. The highest BCUT2D eigenvalue weighted by atomic mass is 19.1. The number of rotatable bonds is 10. The average molecular weight is 517 g/mol. The molecular weight excluding hydrogens is 479 g/mol. The van der Waals surface area contributed by atoms with Crippen molar-refractivity contribution in [2.75, 3.05) is 19.8 Å². The number of hydrogen-bond acceptors (Lipinski definition) is 5. The fourth-order valence-electron chi connectivity index (χ4n) is 6.34. The number of ketones is 1. The van der Waals surface area contributed by atoms with Crippen molar-refractivity contribution in [2.45, 2.75) is 59.0 Å². The molecule has 1 saturated heterocycles. The number of Topliss-reactive ketones (excluding diaryl/α,β-unsaturated/α-hetero) is 1. The highest BCUT2D eigenvalue weighted by Gasteiger charge is 2.44. The van der Waals surface area contributed by atoms with Crippen LogP contribution in [0, 0.1) is 24.6 Å². The molecule has 2 fully saturated rings. The molecule has 2 heterocycles. The molecule has 6 heteroatoms. The van der Waals surface area contributed by atoms with Crippen LogP contribution in [-0.4, -0.2) is 41.5 Å². The van der Waals surface area contributed by atoms with Crippen molar-refractivity contribution in [3.63, 3.8) is 0 Å². The highest BCUT2D eigenvalue weighted by Crippen LogP contribution is 2.46. The SMILES string of the molecule is CCOc1cc(CN2CC[C@H]3C(CC(=O)c4ccc(C)nc4)CC[C@H]32)cc(OCC)c1-c1ccc(F)cc1. The number of carbonyl (C=O) groups excluding carboxylic acids is 1. The summed E-state index contributed by atoms with van der Waals surface area (Å²) in [6, 6.07) is 15.0. The number of nitrogens with zero attached hydrogens (tertiary/aromatic N) is 2. The summed E-state index contributed by atoms with van der Waals surface area (Å²) < 4.78 is 25.8. The zero-order valence-corrected chi connectivity index (χ0v) is 22.6. The molecular formula is C32H37FN2O3. The Morgan fingerprint density at radius 1 is 1.00 bits per heavy atom. The number of pyridine rings is 1. The van der Waals surface area contributed by atoms with Crippen molar-refractivity contribution in [3.05, 3.63) is 77.4 Å². The molecule has 1 aliphatic heterocycles. The maximum absolute atomic E-state index is 13.6. The first-order valence-electron chi connectivity index (χ1n) is 13.8. The van der Waals surface area contributed by atoms with E-state index >= 15 is 0 Å². The lowest BCUT2D eigenvalue weighted by atomic mass is 9.88. The Hall–Kier alpha value is -3.25. The minimum atomic E-state index is -0.267. The Balaban J connectivity index is 1.33. The molecule has 0 amide bonds. The van der Waals surface area contributed by atoms with Crippen LogP contribution in [0.4, 0.5) is 4.39 Å². The van der Waals surface area contributed by atoms with Gasteiger partial charge >= 0.3 is 0 Å². The van der Waals surface area contributed by atoms with Crippen LogP contribution in [0.3, 0.4) is 0 Å². The third kappa shape index (κ3) is 5.60. The molecule has 200 valence electrons. The van der Waals surface area contributed by atoms with Crippen LogP contribution in [0.5, 0.6) is 11.5 Å². The smallest absolute Gasteiger partial charge is 0.164 e. The van der Waals surface area contributed by atoms with E-state index in [9.17, 15) is 9.18 Å². The number of hydrogen-bond donors (Lipinski definition) is 0. The number of aromatic nitrogens is 1. The van der Waals surface area contributed by atoms with Gasteiger partial charge in [-0.3, -0.25) is 14.7 Å². The van der Waals surface area contributed by atoms with E-state index in [-0.39, 0.29) is 11.6 Å². The Morgan fingerprint density at radius 2 is 1.71 bits per heavy atom. The molecule has 5 nitrogen and oxygen atoms in total. The molecule has 3 atom stereocenters. The molecule has 0 bridgehead atoms. The predicted molar refractivity (Wildman–Crippen MR) is 147 cm³/mol. The summed E-state index contributed by atoms with van der Waals surface area (Å²) in [6.45, 7) is 8.78. The third-order valence-corrected chi connectivity index (χ3v) is 8.08. The lowest BCUT2D eigenvalue weighted by Gasteiger charge is -2.25. The molecule has 1 aromatic heterocycles. The summed E-state index contributed by atoms with van der Waals surface area (Å²) >= 11 is 0. The van der Waals surface area contributed by atoms with Gasteiger partial charge in [-0.05, 0) is 106 Å². The van der Waals surface area contributed by atoms with Gasteiger partial charge in [0, 0.05) is 36.5 Å². The molecule has 2 aliphatic rings. The molecule has 0 radical (unpaired) electrons. The molecule has 38 heavy (non-hydrogen) atoms. The minimum absolute atomic E-state index is 0.209. The Labute approximate surface area is 225 Å². The molecule has 1 saturated carbocycles. The predicted octanol–water partition coefficient (Wildman–Crippen LogP) is 6.87. The van der Waals surface area contributed by atoms with Crippen molar-refractivity contribution in [1.82, 2.24) is 9.88 Å². The minimum Gasteiger partial charge on any atom is -0.493 e. The number of fused-ring (bicyclic) bond motifs is 1. The fraction of sp³-hybridized carbons (Fsp3) is 0.438. The average Bonchev–Trinajstić information content (AvgIpc) is 3.49. The van der Waals surface area contributed by atoms with E-state index in [2.05, 4.69) is 22.0 Å². The number of halogens is 1. The number of ether oxygens (including phenoxy) is 2. The Bertz CT molecular complexity index is 1230. The van der Waals surface area contributed by atoms with E-state index < -0.39 is 0 Å². The topological polar surface area (TPSA) is 51.7 Å². The zero-order chi connectivity index (χ0) is 26.6. The van der Waals surface area contributed by atoms with E-state index in [0.29, 0.717) is 37.5 Å². The van der Waals surface area contributed by atoms with Crippen LogP contribution in [0.25, 0.3) is 11.1 Å². The lowest BCUT2D eigenvalue weighted by molar-refractivity contribution is 0.0948. The van der Waals surface area contributed by atoms with Gasteiger partial charge in [-0.1, -0.05) is 12.1 Å². The lowest BCUT2D eigenvalue weighted by Crippen LogP contribution is -2.30. The third-order valence-electron chi connectivity index (χ3n) is 8.08. The summed E-state index contributed by atoms with van der Waals surface area (Å²) in [5.74, 6) is 2.44. The van der Waals surface area contributed by atoms with Gasteiger partial charge in [-0.2, -0.15) is 0 Å². The van der Waals surface area contributed by atoms with Crippen molar-refractivity contribution >= 4 is 5.78 Å². The molecule has 2 aromatic carbocycles. The second-order valence-electron chi connectivity index (χ2n) is 10.5. The van der Waals surface area contributed by atoms with Gasteiger partial charge in [0.15, 0.2) is 5.78 Å². The summed E-state index contributed by atoms with van der Waals surface area (Å²) in [5.41, 5.74) is 4.54. The zero-order valence-electron chi connectivity index (χ0n) is 22.6. The van der Waals surface area contributed by atoms with Crippen LogP contribution >= 0.6 is 0 Å². The van der Waals surface area contributed by atoms with Gasteiger partial charge in [0.25, 0.3) is 0 Å². The van der Waals surface area contributed by atoms with Gasteiger partial charge in [0.1, 0.15) is 17.3 Å². The van der Waals surface area contributed by atoms with Gasteiger partial charge in [0.05, 0.1) is 18.8 Å². The van der Waals surface area contributed by atoms with Crippen molar-refractivity contribution < 1.29 is 18.7 Å². The number of aryl methyl sites for hydroxylation is 1. The monoisotopic (exact) mass is 516 g/mol. The second-order valence-corrected chi connectivity index (χ2v) is 10.5. The summed E-state index contributed by atoms with van der Waals surface area (Å²) in [6.07, 6.45) is 5.66. The van der Waals surface area contributed by atoms with Crippen LogP contribution < -0.4 is 9.47 Å². The molecule has 1 unspecified atom stereocenters. The largest absolute Gasteiger partial charge is 0.493 e. The first-order chi connectivity index (χ1) is 18.5. The van der Waals surface area contributed by atoms with Gasteiger partial charge < -0.3 is 9.47 Å². The quantitative estimate of drug-likeness (QED) is 0.275. The first-order valence-corrected chi connectivity index (χ1v) is 13.8. The van der Waals surface area contributed by atoms with E-state index in [0.717, 1.165) is 71.8 Å². The molecule has 0 spiro atoms. The van der Waals surface area contributed by atoms with E-state index in [1.807, 2.05) is 32.9 Å². The fourth-order valence-corrected chi connectivity index (χ4v) is 6.34. The van der Waals surface area contributed by atoms with Gasteiger partial charge in [-0.15, -0.1) is 0 Å². The molecule has 3 aromatic rings. The maximum atomic E-state index is 13.6. The van der Waals surface area contributed by atoms with Crippen molar-refractivity contribution in [3.8, 4) is 22.6 Å². The van der Waals surface area contributed by atoms with Gasteiger partial charge in [-0.25, -0.2) is 4.39 Å². The van der Waals surface area contributed by atoms with Crippen molar-refractivity contribution in [1.29, 1.82) is 0 Å². The van der Waals surface area contributed by atoms with E-state index in [1.165, 1.54) is 12.1 Å². The molecule has 5 rings (SSSR count). The Morgan fingerprint density at radius 3 is 2.34 bits per heavy atom. The van der Waals surface area contributed by atoms with Crippen LogP contribution in [0.15, 0.2) is 54.7 Å². The van der Waals surface area contributed by atoms with Crippen molar-refractivity contribution in [2.24, 2.45) is 11.8 Å². The standard InChI is InChI=1S/C32H37FN2O3/c1-4-37-30-16-22(17-31(38-5-2)32(30)23-8-11-26(33)12-9-23)20-35-15-14-27-24(10-13-28(27)35)18-29(36)25-7-6-21(3)34-19-25/h6-9,11-12,16-17,19,24,27-28H,4-5,10,13-15,18,20H2,1-3H3/t24?,27-,28+/m0/s1. The van der Waals surface area contributed by atoms with Crippen LogP contribution in [0.1, 0.15) is 61.1 Å². The Kier molecular flexibility index (Phi) is 8.08. The summed E-state index contributed by atoms with van der Waals surface area (Å²) in [5, 5.41) is 0. The highest BCUT2D eigenvalue weighted by molar-refractivity contribution is 5.96. The normalized spacial score (nSPS) is 20.9. The van der Waals surface area contributed by atoms with E-state index in [1.54, 1.807) is 18.3 Å². The summed E-state index contributed by atoms with van der Waals surface area (Å²) in [7, 11) is 0. The van der Waals surface area contributed by atoms with Gasteiger partial charge in [0.2, 0.25) is 0 Å². The number of likely N-dealkylation sites (tertiary alicyclic amines) is 1. The first kappa shape index (κ1) is 26.4. The molecule has 0 N–H and O–H groups in total. The summed E-state index contributed by atoms with van der Waals surface area (Å²) in [4.78, 5) is 19.8.